The van der Waals surface area contributed by atoms with Crippen LogP contribution in [-0.4, -0.2) is 16.5 Å². The lowest BCUT2D eigenvalue weighted by atomic mass is 9.47. The molecule has 2 nitrogen and oxygen atoms in total. The van der Waals surface area contributed by atoms with E-state index in [1.807, 2.05) is 6.92 Å². The molecule has 4 aliphatic rings. The number of allylic oxidation sites excluding steroid dienone is 2. The Kier molecular flexibility index (Phi) is 3.12. The molecule has 0 spiro atoms. The summed E-state index contributed by atoms with van der Waals surface area (Å²) in [6.45, 7) is 10.9. The molecule has 6 unspecified atom stereocenters. The Bertz CT molecular complexity index is 613. The van der Waals surface area contributed by atoms with Crippen molar-refractivity contribution in [3.05, 3.63) is 23.8 Å². The van der Waals surface area contributed by atoms with E-state index in [1.165, 1.54) is 12.0 Å². The zero-order chi connectivity index (χ0) is 16.6. The summed E-state index contributed by atoms with van der Waals surface area (Å²) in [5.74, 6) is 2.28. The molecule has 4 rings (SSSR count). The molecule has 3 saturated carbocycles. The topological polar surface area (TPSA) is 37.3 Å². The summed E-state index contributed by atoms with van der Waals surface area (Å²) in [6, 6.07) is 0. The molecule has 126 valence electrons. The Morgan fingerprint density at radius 2 is 1.96 bits per heavy atom. The summed E-state index contributed by atoms with van der Waals surface area (Å²) in [7, 11) is 0. The molecule has 0 heterocycles. The van der Waals surface area contributed by atoms with Crippen LogP contribution in [0, 0.1) is 28.6 Å². The fourth-order valence-corrected chi connectivity index (χ4v) is 6.65. The Balaban J connectivity index is 1.73. The van der Waals surface area contributed by atoms with Gasteiger partial charge in [0, 0.05) is 18.3 Å². The minimum Gasteiger partial charge on any atom is -0.385 e. The quantitative estimate of drug-likeness (QED) is 0.671. The highest BCUT2D eigenvalue weighted by molar-refractivity contribution is 5.82. The molecule has 1 N–H and O–H groups in total. The molecule has 0 radical (unpaired) electrons. The van der Waals surface area contributed by atoms with Crippen molar-refractivity contribution in [1.29, 1.82) is 0 Å². The molecule has 2 heteroatoms. The van der Waals surface area contributed by atoms with Gasteiger partial charge >= 0.3 is 0 Å². The van der Waals surface area contributed by atoms with Crippen molar-refractivity contribution >= 4 is 5.78 Å². The molecule has 0 saturated heterocycles. The number of carbonyl (C=O) groups excluding carboxylic acids is 1. The van der Waals surface area contributed by atoms with Gasteiger partial charge in [0.05, 0.1) is 5.60 Å². The fraction of sp³-hybridized carbons (Fsp3) is 0.762. The lowest BCUT2D eigenvalue weighted by Gasteiger charge is -2.58. The van der Waals surface area contributed by atoms with Gasteiger partial charge in [-0.3, -0.25) is 4.79 Å². The van der Waals surface area contributed by atoms with Gasteiger partial charge in [-0.05, 0) is 67.8 Å². The number of ketones is 1. The van der Waals surface area contributed by atoms with E-state index in [9.17, 15) is 9.90 Å². The number of carbonyl (C=O) groups is 1. The average Bonchev–Trinajstić information content (AvgIpc) is 2.67. The van der Waals surface area contributed by atoms with E-state index >= 15 is 0 Å². The third kappa shape index (κ3) is 1.82. The summed E-state index contributed by atoms with van der Waals surface area (Å²) in [5, 5.41) is 11.1. The van der Waals surface area contributed by atoms with Gasteiger partial charge in [-0.25, -0.2) is 0 Å². The maximum atomic E-state index is 11.9. The number of Topliss-reactive ketones (excluding diaryl/α,β-unsaturated/α-hetero) is 1. The zero-order valence-corrected chi connectivity index (χ0v) is 14.8. The first kappa shape index (κ1) is 15.6. The maximum absolute atomic E-state index is 11.9. The second-order valence-corrected chi connectivity index (χ2v) is 9.31. The van der Waals surface area contributed by atoms with Crippen LogP contribution >= 0.6 is 0 Å². The van der Waals surface area contributed by atoms with E-state index in [0.717, 1.165) is 37.7 Å². The van der Waals surface area contributed by atoms with E-state index in [0.29, 0.717) is 30.0 Å². The van der Waals surface area contributed by atoms with Crippen LogP contribution in [0.4, 0.5) is 0 Å². The summed E-state index contributed by atoms with van der Waals surface area (Å²) in [6.07, 6.45) is 9.19. The molecule has 0 aromatic heterocycles. The van der Waals surface area contributed by atoms with Gasteiger partial charge in [0.15, 0.2) is 0 Å². The fourth-order valence-electron chi connectivity index (χ4n) is 6.65. The van der Waals surface area contributed by atoms with E-state index in [-0.39, 0.29) is 10.8 Å². The van der Waals surface area contributed by atoms with Crippen LogP contribution in [0.5, 0.6) is 0 Å². The monoisotopic (exact) mass is 314 g/mol. The molecular formula is C21H30O2. The van der Waals surface area contributed by atoms with Crippen molar-refractivity contribution in [3.63, 3.8) is 0 Å². The normalized spacial score (nSPS) is 52.5. The SMILES string of the molecule is C=C1CC2C3CC=C4CC(=O)CCC4(C)C3CCC2(C)C1(C)O. The largest absolute Gasteiger partial charge is 0.385 e. The standard InChI is InChI=1S/C21H30O2/c1-13-11-18-16-6-5-14-12-15(22)7-9-19(14,2)17(16)8-10-20(18,3)21(13,4)23/h5,16-18,23H,1,6-12H2,2-4H3. The lowest BCUT2D eigenvalue weighted by Crippen LogP contribution is -2.53. The van der Waals surface area contributed by atoms with Gasteiger partial charge < -0.3 is 5.11 Å². The van der Waals surface area contributed by atoms with Crippen LogP contribution in [-0.2, 0) is 4.79 Å². The predicted octanol–water partition coefficient (Wildman–Crippen LogP) is 4.44. The second kappa shape index (κ2) is 4.59. The van der Waals surface area contributed by atoms with Crippen molar-refractivity contribution in [2.75, 3.05) is 0 Å². The van der Waals surface area contributed by atoms with Crippen molar-refractivity contribution in [2.45, 2.75) is 71.3 Å². The number of aliphatic hydroxyl groups is 1. The Hall–Kier alpha value is -0.890. The van der Waals surface area contributed by atoms with Crippen LogP contribution in [0.1, 0.15) is 65.7 Å². The third-order valence-electron chi connectivity index (χ3n) is 8.59. The number of rotatable bonds is 0. The highest BCUT2D eigenvalue weighted by atomic mass is 16.3. The highest BCUT2D eigenvalue weighted by Crippen LogP contribution is 2.67. The summed E-state index contributed by atoms with van der Waals surface area (Å²) in [5.41, 5.74) is 1.91. The van der Waals surface area contributed by atoms with Gasteiger partial charge in [0.2, 0.25) is 0 Å². The molecule has 4 aliphatic carbocycles. The highest BCUT2D eigenvalue weighted by Gasteiger charge is 2.63. The summed E-state index contributed by atoms with van der Waals surface area (Å²) < 4.78 is 0. The molecule has 3 fully saturated rings. The summed E-state index contributed by atoms with van der Waals surface area (Å²) in [4.78, 5) is 11.9. The molecule has 0 aromatic carbocycles. The Morgan fingerprint density at radius 3 is 2.70 bits per heavy atom. The van der Waals surface area contributed by atoms with Crippen LogP contribution in [0.3, 0.4) is 0 Å². The number of hydrogen-bond acceptors (Lipinski definition) is 2. The maximum Gasteiger partial charge on any atom is 0.136 e. The van der Waals surface area contributed by atoms with Gasteiger partial charge in [-0.2, -0.15) is 0 Å². The second-order valence-electron chi connectivity index (χ2n) is 9.31. The van der Waals surface area contributed by atoms with Gasteiger partial charge in [-0.15, -0.1) is 0 Å². The minimum absolute atomic E-state index is 0.0303. The molecule has 0 aliphatic heterocycles. The van der Waals surface area contributed by atoms with E-state index < -0.39 is 5.60 Å². The Morgan fingerprint density at radius 1 is 1.22 bits per heavy atom. The van der Waals surface area contributed by atoms with E-state index in [1.54, 1.807) is 0 Å². The minimum atomic E-state index is -0.726. The molecule has 0 amide bonds. The average molecular weight is 314 g/mol. The van der Waals surface area contributed by atoms with E-state index in [2.05, 4.69) is 26.5 Å². The molecule has 6 atom stereocenters. The first-order chi connectivity index (χ1) is 10.7. The zero-order valence-electron chi connectivity index (χ0n) is 14.8. The van der Waals surface area contributed by atoms with Crippen molar-refractivity contribution in [2.24, 2.45) is 28.6 Å². The van der Waals surface area contributed by atoms with Gasteiger partial charge in [0.25, 0.3) is 0 Å². The Labute approximate surface area is 140 Å². The molecular weight excluding hydrogens is 284 g/mol. The van der Waals surface area contributed by atoms with Gasteiger partial charge in [-0.1, -0.05) is 32.1 Å². The van der Waals surface area contributed by atoms with Crippen LogP contribution in [0.2, 0.25) is 0 Å². The smallest absolute Gasteiger partial charge is 0.136 e. The van der Waals surface area contributed by atoms with Crippen LogP contribution < -0.4 is 0 Å². The van der Waals surface area contributed by atoms with Crippen molar-refractivity contribution in [3.8, 4) is 0 Å². The lowest BCUT2D eigenvalue weighted by molar-refractivity contribution is -0.124. The third-order valence-corrected chi connectivity index (χ3v) is 8.59. The van der Waals surface area contributed by atoms with Crippen molar-refractivity contribution < 1.29 is 9.90 Å². The van der Waals surface area contributed by atoms with Crippen LogP contribution in [0.25, 0.3) is 0 Å². The van der Waals surface area contributed by atoms with Gasteiger partial charge in [0.1, 0.15) is 5.78 Å². The number of fused-ring (bicyclic) bond motifs is 5. The number of hydrogen-bond donors (Lipinski definition) is 1. The van der Waals surface area contributed by atoms with Crippen molar-refractivity contribution in [1.82, 2.24) is 0 Å². The molecule has 23 heavy (non-hydrogen) atoms. The predicted molar refractivity (Wildman–Crippen MR) is 91.9 cm³/mol. The molecule has 0 aromatic rings. The molecule has 0 bridgehead atoms. The first-order valence-electron chi connectivity index (χ1n) is 9.32. The van der Waals surface area contributed by atoms with Crippen LogP contribution in [0.15, 0.2) is 23.8 Å². The first-order valence-corrected chi connectivity index (χ1v) is 9.32. The summed E-state index contributed by atoms with van der Waals surface area (Å²) >= 11 is 0. The van der Waals surface area contributed by atoms with E-state index in [4.69, 9.17) is 0 Å².